The minimum absolute atomic E-state index is 0.0443. The van der Waals surface area contributed by atoms with Gasteiger partial charge in [-0.3, -0.25) is 19.5 Å². The molecule has 1 aliphatic carbocycles. The fraction of sp³-hybridized carbons (Fsp3) is 0.300. The summed E-state index contributed by atoms with van der Waals surface area (Å²) in [5.74, 6) is -0.728. The van der Waals surface area contributed by atoms with Gasteiger partial charge in [-0.15, -0.1) is 11.3 Å². The number of urea groups is 1. The van der Waals surface area contributed by atoms with Crippen LogP contribution in [0.1, 0.15) is 23.8 Å². The van der Waals surface area contributed by atoms with Crippen LogP contribution < -0.4 is 16.2 Å². The van der Waals surface area contributed by atoms with Gasteiger partial charge in [0.2, 0.25) is 5.91 Å². The van der Waals surface area contributed by atoms with E-state index in [-0.39, 0.29) is 17.8 Å². The van der Waals surface area contributed by atoms with Gasteiger partial charge in [-0.25, -0.2) is 14.2 Å². The number of aryl methyl sites for hydroxylation is 1. The van der Waals surface area contributed by atoms with E-state index in [1.165, 1.54) is 45.3 Å². The number of amides is 3. The van der Waals surface area contributed by atoms with Crippen LogP contribution in [0.2, 0.25) is 0 Å². The summed E-state index contributed by atoms with van der Waals surface area (Å²) in [4.78, 5) is 43.2. The van der Waals surface area contributed by atoms with Crippen LogP contribution in [0, 0.1) is 11.7 Å². The second-order valence-electron chi connectivity index (χ2n) is 7.19. The molecule has 0 bridgehead atoms. The second kappa shape index (κ2) is 7.75. The van der Waals surface area contributed by atoms with E-state index in [1.54, 1.807) is 6.07 Å². The summed E-state index contributed by atoms with van der Waals surface area (Å²) in [6.45, 7) is 1.84. The topological polar surface area (TPSA) is 93.1 Å². The van der Waals surface area contributed by atoms with E-state index in [1.807, 2.05) is 0 Å². The number of thiophene rings is 1. The van der Waals surface area contributed by atoms with Gasteiger partial charge in [-0.05, 0) is 42.9 Å². The van der Waals surface area contributed by atoms with Crippen LogP contribution in [0.25, 0.3) is 10.2 Å². The van der Waals surface area contributed by atoms with Crippen LogP contribution in [0.5, 0.6) is 0 Å². The third-order valence-corrected chi connectivity index (χ3v) is 6.13. The van der Waals surface area contributed by atoms with E-state index in [4.69, 9.17) is 0 Å². The Bertz CT molecular complexity index is 1170. The molecule has 0 saturated carbocycles. The van der Waals surface area contributed by atoms with Crippen molar-refractivity contribution in [1.82, 2.24) is 14.9 Å². The molecule has 1 aromatic carbocycles. The predicted molar refractivity (Wildman–Crippen MR) is 109 cm³/mol. The zero-order valence-corrected chi connectivity index (χ0v) is 16.5. The van der Waals surface area contributed by atoms with Gasteiger partial charge in [-0.2, -0.15) is 0 Å². The summed E-state index contributed by atoms with van der Waals surface area (Å²) in [5.41, 5.74) is 0.705. The Morgan fingerprint density at radius 1 is 1.34 bits per heavy atom. The zero-order chi connectivity index (χ0) is 20.5. The standard InChI is InChI=1S/C20H19FN4O3S/c1-11-6-7-12-15(8-11)29-18-17(12)19(27)25(10-22-18)9-16(26)24-20(28)23-14-5-3-2-4-13(14)21/h2-5,10-11H,6-9H2,1H3,(H2,23,24,26,28)/t11-/m0/s1. The lowest BCUT2D eigenvalue weighted by molar-refractivity contribution is -0.120. The van der Waals surface area contributed by atoms with Crippen molar-refractivity contribution in [3.8, 4) is 0 Å². The van der Waals surface area contributed by atoms with Gasteiger partial charge in [0.1, 0.15) is 17.2 Å². The maximum atomic E-state index is 13.6. The number of aromatic nitrogens is 2. The van der Waals surface area contributed by atoms with E-state index in [2.05, 4.69) is 22.5 Å². The van der Waals surface area contributed by atoms with E-state index in [0.29, 0.717) is 16.1 Å². The van der Waals surface area contributed by atoms with E-state index in [0.717, 1.165) is 24.8 Å². The van der Waals surface area contributed by atoms with Crippen molar-refractivity contribution >= 4 is 39.2 Å². The normalized spacial score (nSPS) is 15.7. The van der Waals surface area contributed by atoms with Gasteiger partial charge in [0.15, 0.2) is 0 Å². The molecule has 0 radical (unpaired) electrons. The molecule has 9 heteroatoms. The second-order valence-corrected chi connectivity index (χ2v) is 8.28. The molecule has 3 aromatic rings. The first-order valence-electron chi connectivity index (χ1n) is 9.27. The number of carbonyl (C=O) groups is 2. The van der Waals surface area contributed by atoms with Gasteiger partial charge >= 0.3 is 6.03 Å². The molecule has 3 amide bonds. The van der Waals surface area contributed by atoms with Crippen LogP contribution in [0.4, 0.5) is 14.9 Å². The number of halogens is 1. The summed E-state index contributed by atoms with van der Waals surface area (Å²) in [7, 11) is 0. The summed E-state index contributed by atoms with van der Waals surface area (Å²) in [6, 6.07) is 4.75. The average molecular weight is 414 g/mol. The lowest BCUT2D eigenvalue weighted by atomic mass is 9.89. The van der Waals surface area contributed by atoms with Crippen LogP contribution in [0.3, 0.4) is 0 Å². The van der Waals surface area contributed by atoms with Crippen molar-refractivity contribution in [2.24, 2.45) is 5.92 Å². The number of fused-ring (bicyclic) bond motifs is 3. The quantitative estimate of drug-likeness (QED) is 0.689. The number of rotatable bonds is 3. The first kappa shape index (κ1) is 19.3. The number of nitrogens with one attached hydrogen (secondary N) is 2. The number of benzene rings is 1. The number of hydrogen-bond acceptors (Lipinski definition) is 5. The third kappa shape index (κ3) is 3.91. The molecule has 2 heterocycles. The highest BCUT2D eigenvalue weighted by Crippen LogP contribution is 2.35. The SMILES string of the molecule is C[C@H]1CCc2c(sc3ncn(CC(=O)NC(=O)Nc4ccccc4F)c(=O)c23)C1. The molecule has 0 spiro atoms. The van der Waals surface area contributed by atoms with Gasteiger partial charge in [0.25, 0.3) is 5.56 Å². The minimum atomic E-state index is -0.871. The molecule has 1 aliphatic rings. The van der Waals surface area contributed by atoms with Crippen LogP contribution in [0.15, 0.2) is 35.4 Å². The molecule has 1 atom stereocenters. The molecule has 4 rings (SSSR count). The molecular formula is C20H19FN4O3S. The number of carbonyl (C=O) groups excluding carboxylic acids is 2. The molecule has 0 unspecified atom stereocenters. The molecule has 0 aliphatic heterocycles. The number of para-hydroxylation sites is 1. The van der Waals surface area contributed by atoms with Crippen molar-refractivity contribution in [1.29, 1.82) is 0 Å². The minimum Gasteiger partial charge on any atom is -0.305 e. The zero-order valence-electron chi connectivity index (χ0n) is 15.7. The molecule has 0 saturated heterocycles. The van der Waals surface area contributed by atoms with E-state index < -0.39 is 17.8 Å². The Morgan fingerprint density at radius 3 is 2.93 bits per heavy atom. The van der Waals surface area contributed by atoms with E-state index >= 15 is 0 Å². The van der Waals surface area contributed by atoms with Crippen LogP contribution in [-0.4, -0.2) is 21.5 Å². The van der Waals surface area contributed by atoms with Crippen molar-refractivity contribution in [3.63, 3.8) is 0 Å². The number of hydrogen-bond donors (Lipinski definition) is 2. The Morgan fingerprint density at radius 2 is 2.14 bits per heavy atom. The van der Waals surface area contributed by atoms with Gasteiger partial charge < -0.3 is 5.32 Å². The smallest absolute Gasteiger partial charge is 0.305 e. The fourth-order valence-corrected chi connectivity index (χ4v) is 4.86. The first-order chi connectivity index (χ1) is 13.9. The first-order valence-corrected chi connectivity index (χ1v) is 10.1. The molecule has 0 fully saturated rings. The summed E-state index contributed by atoms with van der Waals surface area (Å²) in [6.07, 6.45) is 4.11. The number of nitrogens with zero attached hydrogens (tertiary/aromatic N) is 2. The van der Waals surface area contributed by atoms with Crippen LogP contribution >= 0.6 is 11.3 Å². The van der Waals surface area contributed by atoms with E-state index in [9.17, 15) is 18.8 Å². The molecule has 150 valence electrons. The maximum absolute atomic E-state index is 13.6. The van der Waals surface area contributed by atoms with Crippen molar-refractivity contribution in [2.45, 2.75) is 32.7 Å². The van der Waals surface area contributed by atoms with Gasteiger partial charge in [0.05, 0.1) is 17.4 Å². The van der Waals surface area contributed by atoms with Gasteiger partial charge in [0, 0.05) is 4.88 Å². The number of imide groups is 1. The Kier molecular flexibility index (Phi) is 5.14. The summed E-state index contributed by atoms with van der Waals surface area (Å²) in [5, 5.41) is 4.94. The molecule has 2 N–H and O–H groups in total. The highest BCUT2D eigenvalue weighted by Gasteiger charge is 2.23. The molecule has 29 heavy (non-hydrogen) atoms. The lowest BCUT2D eigenvalue weighted by Crippen LogP contribution is -2.38. The highest BCUT2D eigenvalue weighted by molar-refractivity contribution is 7.18. The molecule has 2 aromatic heterocycles. The summed E-state index contributed by atoms with van der Waals surface area (Å²) >= 11 is 1.53. The highest BCUT2D eigenvalue weighted by atomic mass is 32.1. The van der Waals surface area contributed by atoms with Gasteiger partial charge in [-0.1, -0.05) is 19.1 Å². The predicted octanol–water partition coefficient (Wildman–Crippen LogP) is 3.07. The van der Waals surface area contributed by atoms with Crippen molar-refractivity contribution in [3.05, 3.63) is 57.2 Å². The molecular weight excluding hydrogens is 395 g/mol. The van der Waals surface area contributed by atoms with Crippen molar-refractivity contribution < 1.29 is 14.0 Å². The number of anilines is 1. The largest absolute Gasteiger partial charge is 0.326 e. The lowest BCUT2D eigenvalue weighted by Gasteiger charge is -2.17. The average Bonchev–Trinajstić information content (AvgIpc) is 3.04. The monoisotopic (exact) mass is 414 g/mol. The Balaban J connectivity index is 1.50. The summed E-state index contributed by atoms with van der Waals surface area (Å²) < 4.78 is 14.8. The molecule has 7 nitrogen and oxygen atoms in total. The van der Waals surface area contributed by atoms with Crippen LogP contribution in [-0.2, 0) is 24.2 Å². The Hall–Kier alpha value is -3.07. The Labute approximate surface area is 169 Å². The third-order valence-electron chi connectivity index (χ3n) is 4.97. The van der Waals surface area contributed by atoms with Crippen molar-refractivity contribution in [2.75, 3.05) is 5.32 Å². The maximum Gasteiger partial charge on any atom is 0.326 e. The fourth-order valence-electron chi connectivity index (χ4n) is 3.52.